The first-order chi connectivity index (χ1) is 20.4. The van der Waals surface area contributed by atoms with Gasteiger partial charge in [0.05, 0.1) is 0 Å². The molecule has 4 atom stereocenters. The average Bonchev–Trinajstić information content (AvgIpc) is 3.67. The van der Waals surface area contributed by atoms with Gasteiger partial charge in [0, 0.05) is 23.7 Å². The number of terminal acetylenes is 1. The number of amides is 4. The Balaban J connectivity index is 1.76. The van der Waals surface area contributed by atoms with Gasteiger partial charge in [0.25, 0.3) is 5.91 Å². The SMILES string of the molecule is C#Cc1ccccc1C(C(=O)Nc1ccc2ccccc2c1)N(C(=O)C(CCC(N)=O)NC(=O)OC(C)(C)C)C1CC1C. The van der Waals surface area contributed by atoms with Gasteiger partial charge in [-0.1, -0.05) is 61.4 Å². The summed E-state index contributed by atoms with van der Waals surface area (Å²) in [6, 6.07) is 17.7. The minimum atomic E-state index is -1.18. The van der Waals surface area contributed by atoms with Crippen LogP contribution in [0.4, 0.5) is 10.5 Å². The third kappa shape index (κ3) is 7.92. The van der Waals surface area contributed by atoms with Crippen LogP contribution in [0.25, 0.3) is 10.8 Å². The zero-order valence-corrected chi connectivity index (χ0v) is 24.9. The van der Waals surface area contributed by atoms with Gasteiger partial charge in [0.2, 0.25) is 11.8 Å². The number of nitrogens with zero attached hydrogens (tertiary/aromatic N) is 1. The second kappa shape index (κ2) is 13.0. The van der Waals surface area contributed by atoms with E-state index in [4.69, 9.17) is 16.9 Å². The van der Waals surface area contributed by atoms with Crippen molar-refractivity contribution in [2.24, 2.45) is 11.7 Å². The molecule has 4 amide bonds. The van der Waals surface area contributed by atoms with E-state index in [1.165, 1.54) is 4.90 Å². The van der Waals surface area contributed by atoms with Crippen molar-refractivity contribution >= 4 is 40.3 Å². The number of carbonyl (C=O) groups is 4. The maximum atomic E-state index is 14.4. The summed E-state index contributed by atoms with van der Waals surface area (Å²) in [4.78, 5) is 54.6. The van der Waals surface area contributed by atoms with Gasteiger partial charge in [-0.15, -0.1) is 6.42 Å². The third-order valence-electron chi connectivity index (χ3n) is 7.30. The number of benzene rings is 3. The Hall–Kier alpha value is -4.84. The standard InChI is InChI=1S/C34H38N4O5/c1-6-22-11-9-10-14-26(22)30(31(40)36-25-16-15-23-12-7-8-13-24(23)20-25)38(28-19-21(28)2)32(41)27(17-18-29(35)39)37-33(42)43-34(3,4)5/h1,7-16,20-21,27-28,30H,17-19H2,2-5H3,(H2,35,39)(H,36,40)(H,37,42). The van der Waals surface area contributed by atoms with Crippen LogP contribution in [0.2, 0.25) is 0 Å². The molecule has 4 N–H and O–H groups in total. The summed E-state index contributed by atoms with van der Waals surface area (Å²) in [5, 5.41) is 7.57. The van der Waals surface area contributed by atoms with Gasteiger partial charge in [0.15, 0.2) is 0 Å². The summed E-state index contributed by atoms with van der Waals surface area (Å²) in [6.45, 7) is 7.09. The lowest BCUT2D eigenvalue weighted by Gasteiger charge is -2.35. The molecule has 0 aliphatic heterocycles. The molecule has 224 valence electrons. The summed E-state index contributed by atoms with van der Waals surface area (Å²) in [7, 11) is 0. The van der Waals surface area contributed by atoms with Crippen LogP contribution < -0.4 is 16.4 Å². The van der Waals surface area contributed by atoms with Crippen molar-refractivity contribution in [3.63, 3.8) is 0 Å². The molecular weight excluding hydrogens is 544 g/mol. The number of nitrogens with one attached hydrogen (secondary N) is 2. The molecule has 0 radical (unpaired) electrons. The fourth-order valence-corrected chi connectivity index (χ4v) is 5.11. The minimum Gasteiger partial charge on any atom is -0.444 e. The fourth-order valence-electron chi connectivity index (χ4n) is 5.11. The third-order valence-corrected chi connectivity index (χ3v) is 7.30. The number of hydrogen-bond acceptors (Lipinski definition) is 5. The van der Waals surface area contributed by atoms with Crippen LogP contribution in [0.15, 0.2) is 66.7 Å². The van der Waals surface area contributed by atoms with Gasteiger partial charge >= 0.3 is 6.09 Å². The monoisotopic (exact) mass is 582 g/mol. The number of carbonyl (C=O) groups excluding carboxylic acids is 4. The molecule has 4 rings (SSSR count). The zero-order chi connectivity index (χ0) is 31.3. The number of alkyl carbamates (subject to hydrolysis) is 1. The van der Waals surface area contributed by atoms with E-state index in [-0.39, 0.29) is 24.8 Å². The van der Waals surface area contributed by atoms with Gasteiger partial charge in [-0.05, 0) is 74.1 Å². The van der Waals surface area contributed by atoms with Gasteiger partial charge < -0.3 is 26.0 Å². The second-order valence-corrected chi connectivity index (χ2v) is 11.9. The highest BCUT2D eigenvalue weighted by atomic mass is 16.6. The highest BCUT2D eigenvalue weighted by molar-refractivity contribution is 6.01. The molecule has 1 aliphatic carbocycles. The summed E-state index contributed by atoms with van der Waals surface area (Å²) < 4.78 is 5.40. The van der Waals surface area contributed by atoms with E-state index < -0.39 is 41.5 Å². The lowest BCUT2D eigenvalue weighted by molar-refractivity contribution is -0.142. The molecule has 0 saturated heterocycles. The van der Waals surface area contributed by atoms with Gasteiger partial charge in [-0.25, -0.2) is 4.79 Å². The molecule has 0 bridgehead atoms. The molecule has 0 heterocycles. The number of rotatable bonds is 10. The Bertz CT molecular complexity index is 1570. The van der Waals surface area contributed by atoms with Crippen molar-refractivity contribution in [2.45, 2.75) is 70.7 Å². The number of hydrogen-bond donors (Lipinski definition) is 3. The van der Waals surface area contributed by atoms with E-state index in [1.807, 2.05) is 43.3 Å². The Labute approximate surface area is 252 Å². The minimum absolute atomic E-state index is 0.0686. The summed E-state index contributed by atoms with van der Waals surface area (Å²) in [5.74, 6) is 1.11. The number of ether oxygens (including phenoxy) is 1. The molecule has 9 nitrogen and oxygen atoms in total. The number of primary amides is 1. The lowest BCUT2D eigenvalue weighted by atomic mass is 9.96. The molecule has 43 heavy (non-hydrogen) atoms. The highest BCUT2D eigenvalue weighted by Crippen LogP contribution is 2.42. The predicted octanol–water partition coefficient (Wildman–Crippen LogP) is 4.90. The Morgan fingerprint density at radius 2 is 1.70 bits per heavy atom. The molecule has 9 heteroatoms. The molecule has 3 aromatic rings. The Morgan fingerprint density at radius 1 is 1.05 bits per heavy atom. The molecule has 0 aromatic heterocycles. The zero-order valence-electron chi connectivity index (χ0n) is 24.9. The highest BCUT2D eigenvalue weighted by Gasteiger charge is 2.48. The predicted molar refractivity (Wildman–Crippen MR) is 166 cm³/mol. The molecule has 1 saturated carbocycles. The van der Waals surface area contributed by atoms with Crippen LogP contribution in [0.1, 0.15) is 64.1 Å². The fraction of sp³-hybridized carbons (Fsp3) is 0.353. The van der Waals surface area contributed by atoms with Crippen LogP contribution in [0, 0.1) is 18.3 Å². The smallest absolute Gasteiger partial charge is 0.408 e. The van der Waals surface area contributed by atoms with E-state index in [0.717, 1.165) is 10.8 Å². The van der Waals surface area contributed by atoms with Crippen LogP contribution in [-0.4, -0.2) is 46.4 Å². The van der Waals surface area contributed by atoms with Gasteiger partial charge in [-0.3, -0.25) is 14.4 Å². The Kier molecular flexibility index (Phi) is 9.40. The maximum absolute atomic E-state index is 14.4. The van der Waals surface area contributed by atoms with E-state index >= 15 is 0 Å². The molecule has 4 unspecified atom stereocenters. The van der Waals surface area contributed by atoms with E-state index in [9.17, 15) is 19.2 Å². The largest absolute Gasteiger partial charge is 0.444 e. The van der Waals surface area contributed by atoms with E-state index in [1.54, 1.807) is 51.1 Å². The summed E-state index contributed by atoms with van der Waals surface area (Å²) in [6.07, 6.45) is 5.46. The number of fused-ring (bicyclic) bond motifs is 1. The molecule has 0 spiro atoms. The first-order valence-electron chi connectivity index (χ1n) is 14.3. The quantitative estimate of drug-likeness (QED) is 0.293. The lowest BCUT2D eigenvalue weighted by Crippen LogP contribution is -2.53. The topological polar surface area (TPSA) is 131 Å². The molecule has 1 aliphatic rings. The first-order valence-corrected chi connectivity index (χ1v) is 14.3. The average molecular weight is 583 g/mol. The van der Waals surface area contributed by atoms with Crippen LogP contribution in [0.3, 0.4) is 0 Å². The van der Waals surface area contributed by atoms with Crippen molar-refractivity contribution in [1.82, 2.24) is 10.2 Å². The van der Waals surface area contributed by atoms with Crippen molar-refractivity contribution in [2.75, 3.05) is 5.32 Å². The van der Waals surface area contributed by atoms with Crippen molar-refractivity contribution < 1.29 is 23.9 Å². The molecule has 1 fully saturated rings. The molecule has 3 aromatic carbocycles. The van der Waals surface area contributed by atoms with E-state index in [2.05, 4.69) is 16.6 Å². The number of anilines is 1. The molecular formula is C34H38N4O5. The summed E-state index contributed by atoms with van der Waals surface area (Å²) in [5.41, 5.74) is 6.08. The van der Waals surface area contributed by atoms with Crippen LogP contribution in [0.5, 0.6) is 0 Å². The van der Waals surface area contributed by atoms with Gasteiger partial charge in [-0.2, -0.15) is 0 Å². The second-order valence-electron chi connectivity index (χ2n) is 11.9. The van der Waals surface area contributed by atoms with Crippen molar-refractivity contribution in [1.29, 1.82) is 0 Å². The van der Waals surface area contributed by atoms with Crippen LogP contribution in [-0.2, 0) is 19.1 Å². The normalized spacial score (nSPS) is 17.2. The maximum Gasteiger partial charge on any atom is 0.408 e. The van der Waals surface area contributed by atoms with Crippen LogP contribution >= 0.6 is 0 Å². The van der Waals surface area contributed by atoms with Gasteiger partial charge in [0.1, 0.15) is 17.7 Å². The van der Waals surface area contributed by atoms with Crippen molar-refractivity contribution in [3.05, 3.63) is 77.9 Å². The Morgan fingerprint density at radius 3 is 2.33 bits per heavy atom. The summed E-state index contributed by atoms with van der Waals surface area (Å²) >= 11 is 0. The number of nitrogens with two attached hydrogens (primary N) is 1. The van der Waals surface area contributed by atoms with Crippen molar-refractivity contribution in [3.8, 4) is 12.3 Å². The first kappa shape index (κ1) is 31.1. The van der Waals surface area contributed by atoms with E-state index in [0.29, 0.717) is 23.2 Å².